The molecule has 1 aromatic carbocycles. The number of benzene rings is 1. The molecular formula is C12H18BrNO4S2. The van der Waals surface area contributed by atoms with E-state index in [1.54, 1.807) is 19.1 Å². The van der Waals surface area contributed by atoms with E-state index >= 15 is 0 Å². The summed E-state index contributed by atoms with van der Waals surface area (Å²) in [4.78, 5) is 0.135. The van der Waals surface area contributed by atoms with Crippen LogP contribution < -0.4 is 4.72 Å². The molecule has 8 heteroatoms. The van der Waals surface area contributed by atoms with E-state index in [-0.39, 0.29) is 11.4 Å². The normalized spacial score (nSPS) is 13.4. The van der Waals surface area contributed by atoms with Gasteiger partial charge >= 0.3 is 0 Å². The first-order chi connectivity index (χ1) is 8.87. The van der Waals surface area contributed by atoms with Gasteiger partial charge in [0, 0.05) is 17.3 Å². The number of hydrogen-bond donors (Lipinski definition) is 1. The maximum Gasteiger partial charge on any atom is 0.240 e. The van der Waals surface area contributed by atoms with Crippen LogP contribution in [-0.4, -0.2) is 34.4 Å². The van der Waals surface area contributed by atoms with E-state index in [1.807, 2.05) is 0 Å². The van der Waals surface area contributed by atoms with Gasteiger partial charge in [0.15, 0.2) is 9.84 Å². The summed E-state index contributed by atoms with van der Waals surface area (Å²) >= 11 is 3.22. The lowest BCUT2D eigenvalue weighted by Crippen LogP contribution is -2.43. The predicted octanol–water partition coefficient (Wildman–Crippen LogP) is 1.86. The maximum absolute atomic E-state index is 12.3. The zero-order chi connectivity index (χ0) is 15.8. The molecule has 0 fully saturated rings. The molecule has 114 valence electrons. The van der Waals surface area contributed by atoms with Crippen molar-refractivity contribution >= 4 is 35.8 Å². The summed E-state index contributed by atoms with van der Waals surface area (Å²) in [6.45, 7) is 4.47. The second kappa shape index (κ2) is 5.75. The molecule has 20 heavy (non-hydrogen) atoms. The van der Waals surface area contributed by atoms with Gasteiger partial charge in [0.25, 0.3) is 0 Å². The summed E-state index contributed by atoms with van der Waals surface area (Å²) < 4.78 is 49.5. The van der Waals surface area contributed by atoms with Crippen molar-refractivity contribution in [2.24, 2.45) is 0 Å². The van der Waals surface area contributed by atoms with Crippen molar-refractivity contribution < 1.29 is 16.8 Å². The molecule has 0 radical (unpaired) electrons. The van der Waals surface area contributed by atoms with Crippen molar-refractivity contribution in [3.05, 3.63) is 28.2 Å². The minimum atomic E-state index is -3.75. The number of sulfonamides is 1. The Balaban J connectivity index is 3.06. The van der Waals surface area contributed by atoms with E-state index in [4.69, 9.17) is 0 Å². The Hall–Kier alpha value is -0.440. The smallest absolute Gasteiger partial charge is 0.229 e. The van der Waals surface area contributed by atoms with Gasteiger partial charge in [-0.2, -0.15) is 0 Å². The Morgan fingerprint density at radius 1 is 1.20 bits per heavy atom. The monoisotopic (exact) mass is 383 g/mol. The summed E-state index contributed by atoms with van der Waals surface area (Å²) in [5.74, 6) is 0. The molecule has 0 heterocycles. The third kappa shape index (κ3) is 4.03. The fraction of sp³-hybridized carbons (Fsp3) is 0.500. The topological polar surface area (TPSA) is 80.3 Å². The summed E-state index contributed by atoms with van der Waals surface area (Å²) in [5.41, 5.74) is 0.595. The first-order valence-electron chi connectivity index (χ1n) is 5.82. The highest BCUT2D eigenvalue weighted by molar-refractivity contribution is 9.10. The van der Waals surface area contributed by atoms with Gasteiger partial charge in [-0.05, 0) is 38.5 Å². The Morgan fingerprint density at radius 3 is 2.25 bits per heavy atom. The van der Waals surface area contributed by atoms with Crippen LogP contribution in [-0.2, 0) is 19.9 Å². The molecule has 0 aliphatic heterocycles. The number of halogens is 1. The molecule has 1 N–H and O–H groups in total. The van der Waals surface area contributed by atoms with Crippen LogP contribution in [0.5, 0.6) is 0 Å². The Labute approximate surface area is 128 Å². The molecular weight excluding hydrogens is 366 g/mol. The highest BCUT2D eigenvalue weighted by Gasteiger charge is 2.32. The molecule has 1 aromatic rings. The second-order valence-corrected chi connectivity index (χ2v) is 10.6. The fourth-order valence-electron chi connectivity index (χ4n) is 1.34. The number of hydrogen-bond acceptors (Lipinski definition) is 4. The van der Waals surface area contributed by atoms with Crippen LogP contribution in [0.4, 0.5) is 0 Å². The standard InChI is InChI=1S/C12H18BrNO4S2/c1-9-5-6-10(13)7-11(9)20(17,18)14-8-12(2,3)19(4,15)16/h5-7,14H,8H2,1-4H3. The third-order valence-electron chi connectivity index (χ3n) is 3.13. The van der Waals surface area contributed by atoms with Gasteiger partial charge in [-0.15, -0.1) is 0 Å². The molecule has 0 amide bonds. The lowest BCUT2D eigenvalue weighted by molar-refractivity contribution is 0.537. The second-order valence-electron chi connectivity index (χ2n) is 5.27. The molecule has 0 unspecified atom stereocenters. The predicted molar refractivity (Wildman–Crippen MR) is 83.0 cm³/mol. The van der Waals surface area contributed by atoms with E-state index in [9.17, 15) is 16.8 Å². The van der Waals surface area contributed by atoms with Gasteiger partial charge < -0.3 is 0 Å². The minimum Gasteiger partial charge on any atom is -0.229 e. The van der Waals surface area contributed by atoms with Crippen molar-refractivity contribution in [2.45, 2.75) is 30.4 Å². The molecule has 0 saturated heterocycles. The van der Waals surface area contributed by atoms with E-state index in [0.29, 0.717) is 10.0 Å². The Bertz CT molecular complexity index is 709. The largest absolute Gasteiger partial charge is 0.240 e. The van der Waals surface area contributed by atoms with Crippen LogP contribution in [0.1, 0.15) is 19.4 Å². The summed E-state index contributed by atoms with van der Waals surface area (Å²) in [5, 5.41) is 0. The Kier molecular flexibility index (Phi) is 5.06. The summed E-state index contributed by atoms with van der Waals surface area (Å²) in [6, 6.07) is 4.92. The quantitative estimate of drug-likeness (QED) is 0.841. The van der Waals surface area contributed by atoms with Crippen molar-refractivity contribution in [2.75, 3.05) is 12.8 Å². The van der Waals surface area contributed by atoms with Gasteiger partial charge in [-0.1, -0.05) is 22.0 Å². The van der Waals surface area contributed by atoms with E-state index in [0.717, 1.165) is 6.26 Å². The average molecular weight is 384 g/mol. The SMILES string of the molecule is Cc1ccc(Br)cc1S(=O)(=O)NCC(C)(C)S(C)(=O)=O. The summed E-state index contributed by atoms with van der Waals surface area (Å²) in [6.07, 6.45) is 1.09. The molecule has 0 bridgehead atoms. The van der Waals surface area contributed by atoms with Crippen LogP contribution in [0.2, 0.25) is 0 Å². The number of nitrogens with one attached hydrogen (secondary N) is 1. The van der Waals surface area contributed by atoms with Crippen LogP contribution in [0.15, 0.2) is 27.6 Å². The molecule has 1 rings (SSSR count). The molecule has 0 atom stereocenters. The van der Waals surface area contributed by atoms with Gasteiger partial charge in [-0.3, -0.25) is 0 Å². The van der Waals surface area contributed by atoms with Gasteiger partial charge in [-0.25, -0.2) is 21.6 Å². The zero-order valence-electron chi connectivity index (χ0n) is 11.8. The van der Waals surface area contributed by atoms with Gasteiger partial charge in [0.2, 0.25) is 10.0 Å². The highest BCUT2D eigenvalue weighted by Crippen LogP contribution is 2.21. The van der Waals surface area contributed by atoms with Crippen molar-refractivity contribution in [3.8, 4) is 0 Å². The third-order valence-corrected chi connectivity index (χ3v) is 7.32. The van der Waals surface area contributed by atoms with Crippen molar-refractivity contribution in [1.29, 1.82) is 0 Å². The molecule has 0 aromatic heterocycles. The maximum atomic E-state index is 12.3. The van der Waals surface area contributed by atoms with Crippen LogP contribution in [0.25, 0.3) is 0 Å². The van der Waals surface area contributed by atoms with E-state index in [1.165, 1.54) is 19.9 Å². The van der Waals surface area contributed by atoms with Crippen LogP contribution in [0, 0.1) is 6.92 Å². The first kappa shape index (κ1) is 17.6. The Morgan fingerprint density at radius 2 is 1.75 bits per heavy atom. The minimum absolute atomic E-state index is 0.135. The number of sulfone groups is 1. The molecule has 0 aliphatic carbocycles. The van der Waals surface area contributed by atoms with Crippen molar-refractivity contribution in [1.82, 2.24) is 4.72 Å². The number of aryl methyl sites for hydroxylation is 1. The summed E-state index contributed by atoms with van der Waals surface area (Å²) in [7, 11) is -7.11. The molecule has 5 nitrogen and oxygen atoms in total. The van der Waals surface area contributed by atoms with Gasteiger partial charge in [0.05, 0.1) is 9.64 Å². The average Bonchev–Trinajstić information content (AvgIpc) is 2.28. The van der Waals surface area contributed by atoms with E-state index < -0.39 is 24.6 Å². The molecule has 0 saturated carbocycles. The van der Waals surface area contributed by atoms with Crippen molar-refractivity contribution in [3.63, 3.8) is 0 Å². The van der Waals surface area contributed by atoms with E-state index in [2.05, 4.69) is 20.7 Å². The fourth-order valence-corrected chi connectivity index (χ4v) is 3.76. The van der Waals surface area contributed by atoms with Crippen LogP contribution >= 0.6 is 15.9 Å². The first-order valence-corrected chi connectivity index (χ1v) is 9.99. The lowest BCUT2D eigenvalue weighted by atomic mass is 10.2. The molecule has 0 aliphatic rings. The van der Waals surface area contributed by atoms with Gasteiger partial charge in [0.1, 0.15) is 0 Å². The number of rotatable bonds is 5. The highest BCUT2D eigenvalue weighted by atomic mass is 79.9. The molecule has 0 spiro atoms. The van der Waals surface area contributed by atoms with Crippen LogP contribution in [0.3, 0.4) is 0 Å². The zero-order valence-corrected chi connectivity index (χ0v) is 15.0. The lowest BCUT2D eigenvalue weighted by Gasteiger charge is -2.23.